The largest absolute Gasteiger partial charge is 0.377 e. The fourth-order valence-corrected chi connectivity index (χ4v) is 4.46. The summed E-state index contributed by atoms with van der Waals surface area (Å²) in [6.07, 6.45) is 4.11. The molecule has 1 aliphatic carbocycles. The number of morpholine rings is 1. The average molecular weight is 495 g/mol. The van der Waals surface area contributed by atoms with Crippen LogP contribution in [0.5, 0.6) is 0 Å². The Balaban J connectivity index is 1.33. The minimum atomic E-state index is -2.14. The van der Waals surface area contributed by atoms with Crippen LogP contribution < -0.4 is 10.2 Å². The highest BCUT2D eigenvalue weighted by Crippen LogP contribution is 2.37. The van der Waals surface area contributed by atoms with Crippen LogP contribution in [0.3, 0.4) is 0 Å². The van der Waals surface area contributed by atoms with E-state index in [-0.39, 0.29) is 13.2 Å². The Morgan fingerprint density at radius 2 is 2.11 bits per heavy atom. The maximum atomic E-state index is 13.3. The van der Waals surface area contributed by atoms with Gasteiger partial charge in [0.25, 0.3) is 11.8 Å². The second-order valence-corrected chi connectivity index (χ2v) is 9.08. The van der Waals surface area contributed by atoms with Gasteiger partial charge in [0.15, 0.2) is 17.5 Å². The molecule has 0 bridgehead atoms. The summed E-state index contributed by atoms with van der Waals surface area (Å²) in [6.45, 7) is 3.58. The highest BCUT2D eigenvalue weighted by molar-refractivity contribution is 6.50. The standard InChI is InChI=1S/C24H23ClN6O4/c1-14-11-15-3-4-16(12-18(15)20(14)25)28-23(33)24(2,34)21-22(32)30(9-10-35-21)19-6-8-31(29-19)17-5-7-26-27-13-17/h3-8,12-13,21,34H,9-11H2,1-2H3,(H,28,33)/t21-,24+/m0/s1. The van der Waals surface area contributed by atoms with E-state index < -0.39 is 23.5 Å². The van der Waals surface area contributed by atoms with Crippen molar-refractivity contribution in [3.05, 3.63) is 65.6 Å². The second-order valence-electron chi connectivity index (χ2n) is 8.70. The Kier molecular flexibility index (Phi) is 5.87. The van der Waals surface area contributed by atoms with E-state index in [9.17, 15) is 14.7 Å². The van der Waals surface area contributed by atoms with E-state index in [2.05, 4.69) is 20.6 Å². The predicted octanol–water partition coefficient (Wildman–Crippen LogP) is 2.31. The number of ether oxygens (including phenoxy) is 1. The zero-order valence-electron chi connectivity index (χ0n) is 19.1. The minimum Gasteiger partial charge on any atom is -0.377 e. The molecule has 0 saturated carbocycles. The van der Waals surface area contributed by atoms with Gasteiger partial charge in [-0.1, -0.05) is 17.7 Å². The van der Waals surface area contributed by atoms with Gasteiger partial charge in [0, 0.05) is 23.0 Å². The maximum absolute atomic E-state index is 13.3. The molecule has 10 nitrogen and oxygen atoms in total. The number of halogens is 1. The summed E-state index contributed by atoms with van der Waals surface area (Å²) >= 11 is 6.38. The van der Waals surface area contributed by atoms with Gasteiger partial charge in [-0.25, -0.2) is 4.68 Å². The molecule has 5 rings (SSSR count). The molecule has 1 fully saturated rings. The number of carbonyl (C=O) groups is 2. The molecule has 11 heteroatoms. The number of aliphatic hydroxyl groups is 1. The number of hydrogen-bond donors (Lipinski definition) is 2. The predicted molar refractivity (Wildman–Crippen MR) is 129 cm³/mol. The SMILES string of the molecule is CC1=C(Cl)c2cc(NC(=O)[C@](C)(O)[C@H]3OCCN(c4ccn(-c5ccnnc5)n4)C3=O)ccc2C1. The van der Waals surface area contributed by atoms with Crippen LogP contribution in [0, 0.1) is 0 Å². The zero-order chi connectivity index (χ0) is 24.7. The third-order valence-corrected chi connectivity index (χ3v) is 6.71. The van der Waals surface area contributed by atoms with Crippen molar-refractivity contribution in [3.8, 4) is 5.69 Å². The molecule has 180 valence electrons. The molecule has 2 aromatic heterocycles. The van der Waals surface area contributed by atoms with Crippen molar-refractivity contribution < 1.29 is 19.4 Å². The lowest BCUT2D eigenvalue weighted by atomic mass is 9.95. The summed E-state index contributed by atoms with van der Waals surface area (Å²) < 4.78 is 7.14. The van der Waals surface area contributed by atoms with E-state index in [4.69, 9.17) is 16.3 Å². The number of carbonyl (C=O) groups excluding carboxylic acids is 2. The number of rotatable bonds is 5. The van der Waals surface area contributed by atoms with Crippen molar-refractivity contribution in [2.45, 2.75) is 32.0 Å². The monoisotopic (exact) mass is 494 g/mol. The van der Waals surface area contributed by atoms with E-state index in [0.29, 0.717) is 22.2 Å². The van der Waals surface area contributed by atoms with Gasteiger partial charge >= 0.3 is 0 Å². The summed E-state index contributed by atoms with van der Waals surface area (Å²) in [5.74, 6) is -0.960. The number of nitrogens with one attached hydrogen (secondary N) is 1. The van der Waals surface area contributed by atoms with Gasteiger partial charge in [0.05, 0.1) is 31.2 Å². The normalized spacial score (nSPS) is 19.5. The maximum Gasteiger partial charge on any atom is 0.260 e. The van der Waals surface area contributed by atoms with E-state index in [1.54, 1.807) is 41.3 Å². The van der Waals surface area contributed by atoms with Crippen LogP contribution in [0.4, 0.5) is 11.5 Å². The summed E-state index contributed by atoms with van der Waals surface area (Å²) in [5.41, 5.74) is 1.97. The third-order valence-electron chi connectivity index (χ3n) is 6.18. The van der Waals surface area contributed by atoms with Gasteiger partial charge in [0.1, 0.15) is 0 Å². The lowest BCUT2D eigenvalue weighted by molar-refractivity contribution is -0.165. The van der Waals surface area contributed by atoms with Crippen molar-refractivity contribution in [1.29, 1.82) is 0 Å². The van der Waals surface area contributed by atoms with E-state index in [1.807, 2.05) is 13.0 Å². The first kappa shape index (κ1) is 23.2. The number of benzene rings is 1. The molecule has 1 saturated heterocycles. The molecule has 0 unspecified atom stereocenters. The third kappa shape index (κ3) is 4.20. The lowest BCUT2D eigenvalue weighted by Crippen LogP contribution is -2.61. The van der Waals surface area contributed by atoms with Gasteiger partial charge in [0.2, 0.25) is 0 Å². The summed E-state index contributed by atoms with van der Waals surface area (Å²) in [7, 11) is 0. The van der Waals surface area contributed by atoms with Crippen molar-refractivity contribution in [1.82, 2.24) is 20.0 Å². The summed E-state index contributed by atoms with van der Waals surface area (Å²) in [6, 6.07) is 8.78. The first-order valence-electron chi connectivity index (χ1n) is 11.0. The minimum absolute atomic E-state index is 0.127. The van der Waals surface area contributed by atoms with E-state index >= 15 is 0 Å². The molecule has 2 atom stereocenters. The lowest BCUT2D eigenvalue weighted by Gasteiger charge is -2.37. The van der Waals surface area contributed by atoms with Crippen molar-refractivity contribution in [2.24, 2.45) is 0 Å². The quantitative estimate of drug-likeness (QED) is 0.558. The van der Waals surface area contributed by atoms with Gasteiger partial charge in [-0.2, -0.15) is 10.2 Å². The second kappa shape index (κ2) is 8.88. The number of hydrogen-bond acceptors (Lipinski definition) is 7. The van der Waals surface area contributed by atoms with Crippen molar-refractivity contribution in [2.75, 3.05) is 23.4 Å². The Morgan fingerprint density at radius 1 is 1.29 bits per heavy atom. The van der Waals surface area contributed by atoms with Crippen LogP contribution in [0.1, 0.15) is 25.0 Å². The summed E-state index contributed by atoms with van der Waals surface area (Å²) in [4.78, 5) is 27.7. The van der Waals surface area contributed by atoms with Gasteiger partial charge in [-0.15, -0.1) is 5.10 Å². The number of allylic oxidation sites excluding steroid dienone is 1. The van der Waals surface area contributed by atoms with Crippen LogP contribution >= 0.6 is 11.6 Å². The molecule has 2 aliphatic rings. The fraction of sp³-hybridized carbons (Fsp3) is 0.292. The number of fused-ring (bicyclic) bond motifs is 1. The number of nitrogens with zero attached hydrogens (tertiary/aromatic N) is 5. The van der Waals surface area contributed by atoms with Crippen molar-refractivity contribution >= 4 is 40.0 Å². The molecular weight excluding hydrogens is 472 g/mol. The van der Waals surface area contributed by atoms with Crippen LogP contribution in [0.25, 0.3) is 10.7 Å². The fourth-order valence-electron chi connectivity index (χ4n) is 4.22. The van der Waals surface area contributed by atoms with Gasteiger partial charge in [-0.05, 0) is 55.2 Å². The zero-order valence-corrected chi connectivity index (χ0v) is 19.9. The molecule has 1 aromatic carbocycles. The molecule has 3 aromatic rings. The van der Waals surface area contributed by atoms with Crippen LogP contribution in [-0.4, -0.2) is 61.8 Å². The van der Waals surface area contributed by atoms with E-state index in [1.165, 1.54) is 18.0 Å². The molecule has 0 radical (unpaired) electrons. The highest BCUT2D eigenvalue weighted by Gasteiger charge is 2.49. The molecule has 2 amide bonds. The Hall–Kier alpha value is -3.60. The smallest absolute Gasteiger partial charge is 0.260 e. The highest BCUT2D eigenvalue weighted by atomic mass is 35.5. The molecule has 3 heterocycles. The average Bonchev–Trinajstić information content (AvgIpc) is 3.45. The summed E-state index contributed by atoms with van der Waals surface area (Å²) in [5, 5.41) is 26.5. The molecule has 0 spiro atoms. The molecule has 1 aliphatic heterocycles. The van der Waals surface area contributed by atoms with Crippen LogP contribution in [0.2, 0.25) is 0 Å². The first-order valence-corrected chi connectivity index (χ1v) is 11.4. The topological polar surface area (TPSA) is 122 Å². The number of amides is 2. The molecule has 2 N–H and O–H groups in total. The van der Waals surface area contributed by atoms with E-state index in [0.717, 1.165) is 23.1 Å². The van der Waals surface area contributed by atoms with Crippen LogP contribution in [-0.2, 0) is 20.7 Å². The Bertz CT molecular complexity index is 1340. The van der Waals surface area contributed by atoms with Crippen LogP contribution in [0.15, 0.2) is 54.5 Å². The van der Waals surface area contributed by atoms with Crippen molar-refractivity contribution in [3.63, 3.8) is 0 Å². The molecule has 35 heavy (non-hydrogen) atoms. The first-order chi connectivity index (χ1) is 16.8. The Labute approximate surface area is 206 Å². The number of aromatic nitrogens is 4. The number of anilines is 2. The van der Waals surface area contributed by atoms with Gasteiger partial charge in [-0.3, -0.25) is 14.5 Å². The molecular formula is C24H23ClN6O4. The van der Waals surface area contributed by atoms with Gasteiger partial charge < -0.3 is 15.2 Å². The Morgan fingerprint density at radius 3 is 2.89 bits per heavy atom.